The van der Waals surface area contributed by atoms with Crippen LogP contribution < -0.4 is 10.2 Å². The standard InChI is InChI=1S/C22H28N4O2/c1-3-20-19(14-23-22(25-20)26-9-11-28-12-10-26)21(27)24-15(2)17-8-7-16-5-4-6-18(16)13-17/h7-8,13-15H,3-6,9-12H2,1-2H3,(H,24,27). The molecule has 1 aromatic heterocycles. The number of anilines is 1. The number of hydrogen-bond donors (Lipinski definition) is 1. The highest BCUT2D eigenvalue weighted by Crippen LogP contribution is 2.25. The van der Waals surface area contributed by atoms with Crippen molar-refractivity contribution >= 4 is 11.9 Å². The number of morpholine rings is 1. The van der Waals surface area contributed by atoms with E-state index in [-0.39, 0.29) is 11.9 Å². The van der Waals surface area contributed by atoms with E-state index in [1.54, 1.807) is 6.20 Å². The molecule has 1 amide bonds. The zero-order valence-electron chi connectivity index (χ0n) is 16.7. The number of benzene rings is 1. The topological polar surface area (TPSA) is 67.3 Å². The van der Waals surface area contributed by atoms with Gasteiger partial charge in [0.1, 0.15) is 0 Å². The maximum atomic E-state index is 12.9. The summed E-state index contributed by atoms with van der Waals surface area (Å²) >= 11 is 0. The molecule has 1 aliphatic heterocycles. The van der Waals surface area contributed by atoms with Gasteiger partial charge in [0, 0.05) is 19.3 Å². The van der Waals surface area contributed by atoms with Crippen LogP contribution in [-0.2, 0) is 24.0 Å². The first kappa shape index (κ1) is 18.9. The van der Waals surface area contributed by atoms with Gasteiger partial charge in [0.2, 0.25) is 5.95 Å². The molecule has 1 saturated heterocycles. The van der Waals surface area contributed by atoms with E-state index in [9.17, 15) is 4.79 Å². The molecule has 2 aliphatic rings. The molecule has 0 saturated carbocycles. The van der Waals surface area contributed by atoms with E-state index >= 15 is 0 Å². The van der Waals surface area contributed by atoms with Gasteiger partial charge < -0.3 is 15.0 Å². The molecule has 0 bridgehead atoms. The molecule has 6 nitrogen and oxygen atoms in total. The summed E-state index contributed by atoms with van der Waals surface area (Å²) in [5, 5.41) is 3.12. The Balaban J connectivity index is 1.49. The molecule has 1 aliphatic carbocycles. The number of carbonyl (C=O) groups excluding carboxylic acids is 1. The Hall–Kier alpha value is -2.47. The number of rotatable bonds is 5. The molecule has 6 heteroatoms. The highest BCUT2D eigenvalue weighted by molar-refractivity contribution is 5.95. The Morgan fingerprint density at radius 1 is 1.25 bits per heavy atom. The van der Waals surface area contributed by atoms with Crippen LogP contribution in [-0.4, -0.2) is 42.2 Å². The molecule has 148 valence electrons. The van der Waals surface area contributed by atoms with Crippen molar-refractivity contribution in [3.63, 3.8) is 0 Å². The monoisotopic (exact) mass is 380 g/mol. The van der Waals surface area contributed by atoms with Crippen LogP contribution in [0.15, 0.2) is 24.4 Å². The second kappa shape index (κ2) is 8.27. The maximum absolute atomic E-state index is 12.9. The second-order valence-electron chi connectivity index (χ2n) is 7.56. The minimum Gasteiger partial charge on any atom is -0.378 e. The molecular formula is C22H28N4O2. The largest absolute Gasteiger partial charge is 0.378 e. The molecule has 28 heavy (non-hydrogen) atoms. The van der Waals surface area contributed by atoms with E-state index in [4.69, 9.17) is 4.74 Å². The van der Waals surface area contributed by atoms with Gasteiger partial charge in [-0.15, -0.1) is 0 Å². The number of hydrogen-bond acceptors (Lipinski definition) is 5. The second-order valence-corrected chi connectivity index (χ2v) is 7.56. The van der Waals surface area contributed by atoms with Gasteiger partial charge in [0.05, 0.1) is 30.5 Å². The Morgan fingerprint density at radius 2 is 2.04 bits per heavy atom. The number of aryl methyl sites for hydroxylation is 3. The van der Waals surface area contributed by atoms with Gasteiger partial charge in [-0.05, 0) is 49.3 Å². The van der Waals surface area contributed by atoms with E-state index in [1.165, 1.54) is 24.0 Å². The van der Waals surface area contributed by atoms with Crippen molar-refractivity contribution in [1.82, 2.24) is 15.3 Å². The first-order chi connectivity index (χ1) is 13.7. The minimum absolute atomic E-state index is 0.0537. The van der Waals surface area contributed by atoms with Gasteiger partial charge in [-0.3, -0.25) is 4.79 Å². The average molecular weight is 380 g/mol. The summed E-state index contributed by atoms with van der Waals surface area (Å²) in [4.78, 5) is 24.1. The normalized spacial score (nSPS) is 17.3. The molecule has 1 fully saturated rings. The molecule has 1 unspecified atom stereocenters. The molecule has 1 aromatic carbocycles. The fourth-order valence-corrected chi connectivity index (χ4v) is 4.00. The van der Waals surface area contributed by atoms with Gasteiger partial charge in [0.15, 0.2) is 0 Å². The molecule has 2 heterocycles. The fourth-order valence-electron chi connectivity index (χ4n) is 4.00. The number of nitrogens with zero attached hydrogens (tertiary/aromatic N) is 3. The van der Waals surface area contributed by atoms with Gasteiger partial charge in [-0.2, -0.15) is 0 Å². The lowest BCUT2D eigenvalue weighted by atomic mass is 10.0. The van der Waals surface area contributed by atoms with Crippen LogP contribution in [0.4, 0.5) is 5.95 Å². The van der Waals surface area contributed by atoms with E-state index in [0.29, 0.717) is 31.1 Å². The summed E-state index contributed by atoms with van der Waals surface area (Å²) in [7, 11) is 0. The summed E-state index contributed by atoms with van der Waals surface area (Å²) in [5.41, 5.74) is 5.37. The SMILES string of the molecule is CCc1nc(N2CCOCC2)ncc1C(=O)NC(C)c1ccc2c(c1)CCC2. The van der Waals surface area contributed by atoms with Crippen LogP contribution in [0.25, 0.3) is 0 Å². The summed E-state index contributed by atoms with van der Waals surface area (Å²) in [6.07, 6.45) is 5.90. The summed E-state index contributed by atoms with van der Waals surface area (Å²) in [6, 6.07) is 6.53. The Morgan fingerprint density at radius 3 is 2.82 bits per heavy atom. The Bertz CT molecular complexity index is 862. The number of carbonyl (C=O) groups is 1. The quantitative estimate of drug-likeness (QED) is 0.864. The molecule has 0 radical (unpaired) electrons. The first-order valence-electron chi connectivity index (χ1n) is 10.3. The lowest BCUT2D eigenvalue weighted by molar-refractivity contribution is 0.0938. The number of fused-ring (bicyclic) bond motifs is 1. The molecular weight excluding hydrogens is 352 g/mol. The third-order valence-electron chi connectivity index (χ3n) is 5.70. The van der Waals surface area contributed by atoms with Crippen molar-refractivity contribution in [2.45, 2.75) is 45.6 Å². The summed E-state index contributed by atoms with van der Waals surface area (Å²) < 4.78 is 5.39. The maximum Gasteiger partial charge on any atom is 0.255 e. The molecule has 1 atom stereocenters. The third-order valence-corrected chi connectivity index (χ3v) is 5.70. The zero-order valence-corrected chi connectivity index (χ0v) is 16.7. The van der Waals surface area contributed by atoms with Crippen molar-refractivity contribution in [2.24, 2.45) is 0 Å². The number of ether oxygens (including phenoxy) is 1. The Labute approximate surface area is 166 Å². The third kappa shape index (κ3) is 3.87. The van der Waals surface area contributed by atoms with Crippen molar-refractivity contribution in [2.75, 3.05) is 31.2 Å². The van der Waals surface area contributed by atoms with Crippen molar-refractivity contribution < 1.29 is 9.53 Å². The van der Waals surface area contributed by atoms with Crippen LogP contribution in [0.2, 0.25) is 0 Å². The average Bonchev–Trinajstić information content (AvgIpc) is 3.21. The first-order valence-corrected chi connectivity index (χ1v) is 10.3. The fraction of sp³-hybridized carbons (Fsp3) is 0.500. The van der Waals surface area contributed by atoms with Crippen LogP contribution >= 0.6 is 0 Å². The highest BCUT2D eigenvalue weighted by Gasteiger charge is 2.20. The van der Waals surface area contributed by atoms with Crippen LogP contribution in [0.1, 0.15) is 59.1 Å². The molecule has 4 rings (SSSR count). The van der Waals surface area contributed by atoms with Crippen molar-refractivity contribution in [3.8, 4) is 0 Å². The van der Waals surface area contributed by atoms with E-state index < -0.39 is 0 Å². The van der Waals surface area contributed by atoms with Gasteiger partial charge in [0.25, 0.3) is 5.91 Å². The number of aromatic nitrogens is 2. The Kier molecular flexibility index (Phi) is 5.57. The van der Waals surface area contributed by atoms with E-state index in [2.05, 4.69) is 38.4 Å². The molecule has 0 spiro atoms. The highest BCUT2D eigenvalue weighted by atomic mass is 16.5. The summed E-state index contributed by atoms with van der Waals surface area (Å²) in [5.74, 6) is 0.571. The molecule has 2 aromatic rings. The van der Waals surface area contributed by atoms with Crippen LogP contribution in [0.3, 0.4) is 0 Å². The van der Waals surface area contributed by atoms with Crippen LogP contribution in [0.5, 0.6) is 0 Å². The van der Waals surface area contributed by atoms with Gasteiger partial charge >= 0.3 is 0 Å². The number of nitrogens with one attached hydrogen (secondary N) is 1. The lowest BCUT2D eigenvalue weighted by Crippen LogP contribution is -2.37. The minimum atomic E-state index is -0.113. The van der Waals surface area contributed by atoms with E-state index in [1.807, 2.05) is 13.8 Å². The predicted molar refractivity (Wildman–Crippen MR) is 109 cm³/mol. The van der Waals surface area contributed by atoms with Gasteiger partial charge in [-0.25, -0.2) is 9.97 Å². The van der Waals surface area contributed by atoms with Gasteiger partial charge in [-0.1, -0.05) is 25.1 Å². The predicted octanol–water partition coefficient (Wildman–Crippen LogP) is 2.86. The lowest BCUT2D eigenvalue weighted by Gasteiger charge is -2.27. The smallest absolute Gasteiger partial charge is 0.255 e. The summed E-state index contributed by atoms with van der Waals surface area (Å²) in [6.45, 7) is 6.99. The van der Waals surface area contributed by atoms with Crippen molar-refractivity contribution in [1.29, 1.82) is 0 Å². The van der Waals surface area contributed by atoms with Crippen molar-refractivity contribution in [3.05, 3.63) is 52.3 Å². The van der Waals surface area contributed by atoms with E-state index in [0.717, 1.165) is 30.8 Å². The van der Waals surface area contributed by atoms with Crippen LogP contribution in [0, 0.1) is 0 Å². The number of amides is 1. The zero-order chi connectivity index (χ0) is 19.5. The molecule has 1 N–H and O–H groups in total.